The van der Waals surface area contributed by atoms with Gasteiger partial charge < -0.3 is 34.1 Å². The van der Waals surface area contributed by atoms with Gasteiger partial charge in [-0.25, -0.2) is 4.98 Å². The molecule has 0 unspecified atom stereocenters. The Morgan fingerprint density at radius 3 is 2.62 bits per heavy atom. The molecule has 2 aromatic carbocycles. The predicted octanol–water partition coefficient (Wildman–Crippen LogP) is 5.06. The topological polar surface area (TPSA) is 98.1 Å². The maximum absolute atomic E-state index is 14.5. The molecule has 2 N–H and O–H groups in total. The largest absolute Gasteiger partial charge is 0.497 e. The number of amides is 1. The van der Waals surface area contributed by atoms with E-state index in [1.54, 1.807) is 20.4 Å². The number of hydrogen-bond acceptors (Lipinski definition) is 7. The van der Waals surface area contributed by atoms with E-state index < -0.39 is 0 Å². The summed E-state index contributed by atoms with van der Waals surface area (Å²) in [4.78, 5) is 21.0. The van der Waals surface area contributed by atoms with Crippen LogP contribution in [0.2, 0.25) is 0 Å². The van der Waals surface area contributed by atoms with Gasteiger partial charge in [0, 0.05) is 73.6 Å². The van der Waals surface area contributed by atoms with Crippen LogP contribution in [-0.2, 0) is 17.9 Å². The average molecular weight is 613 g/mol. The Labute approximate surface area is 265 Å². The van der Waals surface area contributed by atoms with Crippen LogP contribution < -0.4 is 19.5 Å². The zero-order valence-electron chi connectivity index (χ0n) is 26.5. The number of ether oxygens (including phenoxy) is 3. The van der Waals surface area contributed by atoms with Crippen LogP contribution in [0, 0.1) is 12.8 Å². The van der Waals surface area contributed by atoms with Gasteiger partial charge in [-0.3, -0.25) is 4.79 Å². The van der Waals surface area contributed by atoms with Gasteiger partial charge in [-0.15, -0.1) is 0 Å². The number of nitrogens with zero attached hydrogens (tertiary/aromatic N) is 3. The van der Waals surface area contributed by atoms with E-state index in [-0.39, 0.29) is 30.4 Å². The zero-order valence-corrected chi connectivity index (χ0v) is 26.5. The molecule has 1 aliphatic heterocycles. The second-order valence-electron chi connectivity index (χ2n) is 12.2. The standard InChI is InChI=1S/C36H44N4O5/c1-24-26(10-14-38-35(24)45-17-5-16-41)23-40(27-8-9-27)36(42)33-21-37-13-11-31(33)30-6-4-7-34-32(30)12-15-39(34)22-25-18-28(43-2)20-29(19-25)44-3/h4,6-7,10,12,14-15,18-20,27,31,33,37,41H,5,8-9,11,13,16-17,21-23H2,1-3H3/t31-,33+/m1/s1. The van der Waals surface area contributed by atoms with Crippen molar-refractivity contribution in [1.29, 1.82) is 0 Å². The second kappa shape index (κ2) is 13.9. The lowest BCUT2D eigenvalue weighted by Gasteiger charge is -2.36. The number of aliphatic hydroxyl groups excluding tert-OH is 1. The van der Waals surface area contributed by atoms with Crippen LogP contribution in [-0.4, -0.2) is 72.0 Å². The quantitative estimate of drug-likeness (QED) is 0.204. The number of methoxy groups -OCH3 is 2. The van der Waals surface area contributed by atoms with Crippen molar-refractivity contribution in [3.05, 3.63) is 83.2 Å². The molecule has 1 amide bonds. The number of aliphatic hydroxyl groups is 1. The number of pyridine rings is 1. The van der Waals surface area contributed by atoms with Crippen molar-refractivity contribution < 1.29 is 24.1 Å². The van der Waals surface area contributed by atoms with Crippen molar-refractivity contribution in [3.63, 3.8) is 0 Å². The monoisotopic (exact) mass is 612 g/mol. The fourth-order valence-corrected chi connectivity index (χ4v) is 6.63. The molecule has 2 atom stereocenters. The van der Waals surface area contributed by atoms with E-state index in [2.05, 4.69) is 50.2 Å². The van der Waals surface area contributed by atoms with Crippen molar-refractivity contribution >= 4 is 16.8 Å². The van der Waals surface area contributed by atoms with Gasteiger partial charge in [-0.2, -0.15) is 0 Å². The van der Waals surface area contributed by atoms with Crippen molar-refractivity contribution in [2.24, 2.45) is 5.92 Å². The number of nitrogens with one attached hydrogen (secondary N) is 1. The van der Waals surface area contributed by atoms with Crippen LogP contribution >= 0.6 is 0 Å². The number of fused-ring (bicyclic) bond motifs is 1. The highest BCUT2D eigenvalue weighted by molar-refractivity contribution is 5.87. The highest BCUT2D eigenvalue weighted by Crippen LogP contribution is 2.39. The molecule has 238 valence electrons. The molecule has 1 aliphatic carbocycles. The van der Waals surface area contributed by atoms with Gasteiger partial charge in [0.2, 0.25) is 11.8 Å². The molecule has 4 aromatic rings. The number of rotatable bonds is 13. The van der Waals surface area contributed by atoms with Crippen LogP contribution in [0.1, 0.15) is 53.9 Å². The third kappa shape index (κ3) is 6.79. The van der Waals surface area contributed by atoms with E-state index in [1.807, 2.05) is 31.2 Å². The van der Waals surface area contributed by atoms with Gasteiger partial charge in [-0.1, -0.05) is 12.1 Å². The van der Waals surface area contributed by atoms with Gasteiger partial charge >= 0.3 is 0 Å². The van der Waals surface area contributed by atoms with Crippen LogP contribution in [0.3, 0.4) is 0 Å². The van der Waals surface area contributed by atoms with Gasteiger partial charge in [0.15, 0.2) is 0 Å². The smallest absolute Gasteiger partial charge is 0.228 e. The number of carbonyl (C=O) groups excluding carboxylic acids is 1. The van der Waals surface area contributed by atoms with Crippen molar-refractivity contribution in [3.8, 4) is 17.4 Å². The summed E-state index contributed by atoms with van der Waals surface area (Å²) in [5.41, 5.74) is 5.49. The third-order valence-electron chi connectivity index (χ3n) is 9.23. The summed E-state index contributed by atoms with van der Waals surface area (Å²) in [5.74, 6) is 2.29. The summed E-state index contributed by atoms with van der Waals surface area (Å²) in [6.45, 7) is 5.27. The minimum atomic E-state index is -0.154. The number of carbonyl (C=O) groups is 1. The first kappa shape index (κ1) is 30.9. The van der Waals surface area contributed by atoms with Gasteiger partial charge in [0.25, 0.3) is 0 Å². The van der Waals surface area contributed by atoms with E-state index in [0.29, 0.717) is 38.5 Å². The Morgan fingerprint density at radius 2 is 1.89 bits per heavy atom. The highest BCUT2D eigenvalue weighted by atomic mass is 16.5. The molecule has 45 heavy (non-hydrogen) atoms. The molecule has 0 spiro atoms. The third-order valence-corrected chi connectivity index (χ3v) is 9.23. The van der Waals surface area contributed by atoms with Crippen LogP contribution in [0.25, 0.3) is 10.9 Å². The Hall–Kier alpha value is -4.08. The molecule has 2 aliphatic rings. The first-order valence-corrected chi connectivity index (χ1v) is 16.0. The Kier molecular flexibility index (Phi) is 9.56. The zero-order chi connectivity index (χ0) is 31.3. The van der Waals surface area contributed by atoms with E-state index in [4.69, 9.17) is 19.3 Å². The predicted molar refractivity (Wildman–Crippen MR) is 174 cm³/mol. The van der Waals surface area contributed by atoms with E-state index in [0.717, 1.165) is 59.5 Å². The molecule has 0 bridgehead atoms. The fourth-order valence-electron chi connectivity index (χ4n) is 6.63. The molecule has 9 heteroatoms. The van der Waals surface area contributed by atoms with Gasteiger partial charge in [0.1, 0.15) is 11.5 Å². The van der Waals surface area contributed by atoms with E-state index in [9.17, 15) is 4.79 Å². The van der Waals surface area contributed by atoms with E-state index >= 15 is 0 Å². The SMILES string of the molecule is COc1cc(Cn2ccc3c([C@H]4CCNC[C@@H]4C(=O)N(Cc4ccnc(OCCCO)c4C)C4CC4)cccc32)cc(OC)c1. The summed E-state index contributed by atoms with van der Waals surface area (Å²) in [5, 5.41) is 13.9. The highest BCUT2D eigenvalue weighted by Gasteiger charge is 2.40. The number of hydrogen-bond donors (Lipinski definition) is 2. The molecular weight excluding hydrogens is 568 g/mol. The number of aromatic nitrogens is 2. The summed E-state index contributed by atoms with van der Waals surface area (Å²) in [6, 6.07) is 16.9. The lowest BCUT2D eigenvalue weighted by molar-refractivity contribution is -0.138. The number of benzene rings is 2. The summed E-state index contributed by atoms with van der Waals surface area (Å²) >= 11 is 0. The summed E-state index contributed by atoms with van der Waals surface area (Å²) in [7, 11) is 3.34. The molecule has 9 nitrogen and oxygen atoms in total. The second-order valence-corrected chi connectivity index (χ2v) is 12.2. The molecule has 2 fully saturated rings. The van der Waals surface area contributed by atoms with Gasteiger partial charge in [-0.05, 0) is 85.7 Å². The molecule has 6 rings (SSSR count). The molecule has 0 radical (unpaired) electrons. The Bertz CT molecular complexity index is 1610. The molecule has 3 heterocycles. The Morgan fingerprint density at radius 1 is 1.09 bits per heavy atom. The van der Waals surface area contributed by atoms with Crippen LogP contribution in [0.5, 0.6) is 17.4 Å². The fraction of sp³-hybridized carbons (Fsp3) is 0.444. The molecular formula is C36H44N4O5. The summed E-state index contributed by atoms with van der Waals surface area (Å²) in [6.07, 6.45) is 7.43. The van der Waals surface area contributed by atoms with Crippen molar-refractivity contribution in [2.75, 3.05) is 40.5 Å². The lowest BCUT2D eigenvalue weighted by Crippen LogP contribution is -2.47. The summed E-state index contributed by atoms with van der Waals surface area (Å²) < 4.78 is 19.1. The van der Waals surface area contributed by atoms with Crippen LogP contribution in [0.4, 0.5) is 0 Å². The first-order valence-electron chi connectivity index (χ1n) is 16.0. The number of piperidine rings is 1. The lowest BCUT2D eigenvalue weighted by atomic mass is 9.79. The Balaban J connectivity index is 1.26. The molecule has 2 aromatic heterocycles. The minimum absolute atomic E-state index is 0.0786. The van der Waals surface area contributed by atoms with E-state index in [1.165, 1.54) is 10.9 Å². The van der Waals surface area contributed by atoms with Crippen LogP contribution in [0.15, 0.2) is 60.9 Å². The normalized spacial score (nSPS) is 18.1. The molecule has 1 saturated carbocycles. The minimum Gasteiger partial charge on any atom is -0.497 e. The maximum atomic E-state index is 14.5. The van der Waals surface area contributed by atoms with Crippen molar-refractivity contribution in [1.82, 2.24) is 19.8 Å². The van der Waals surface area contributed by atoms with Gasteiger partial charge in [0.05, 0.1) is 26.7 Å². The first-order chi connectivity index (χ1) is 22.0. The molecule has 1 saturated heterocycles. The van der Waals surface area contributed by atoms with Crippen molar-refractivity contribution in [2.45, 2.75) is 57.7 Å². The average Bonchev–Trinajstić information content (AvgIpc) is 3.84. The maximum Gasteiger partial charge on any atom is 0.228 e.